The van der Waals surface area contributed by atoms with E-state index in [1.54, 1.807) is 7.11 Å². The lowest BCUT2D eigenvalue weighted by molar-refractivity contribution is -0.124. The van der Waals surface area contributed by atoms with Gasteiger partial charge < -0.3 is 20.5 Å². The zero-order chi connectivity index (χ0) is 15.2. The molecular weight excluding hydrogens is 268 g/mol. The van der Waals surface area contributed by atoms with Gasteiger partial charge in [0.15, 0.2) is 17.6 Å². The molecule has 0 fully saturated rings. The van der Waals surface area contributed by atoms with Gasteiger partial charge in [0.1, 0.15) is 0 Å². The first-order chi connectivity index (χ1) is 10.2. The van der Waals surface area contributed by atoms with E-state index in [0.29, 0.717) is 17.9 Å². The molecule has 114 valence electrons. The fourth-order valence-corrected chi connectivity index (χ4v) is 2.35. The number of carbonyl (C=O) groups is 1. The van der Waals surface area contributed by atoms with E-state index in [4.69, 9.17) is 15.2 Å². The van der Waals surface area contributed by atoms with Crippen LogP contribution in [0.4, 0.5) is 0 Å². The monoisotopic (exact) mass is 290 g/mol. The highest BCUT2D eigenvalue weighted by molar-refractivity contribution is 5.79. The highest BCUT2D eigenvalue weighted by atomic mass is 16.5. The summed E-state index contributed by atoms with van der Waals surface area (Å²) in [5, 5.41) is 3.29. The molecule has 1 aromatic rings. The molecule has 1 heterocycles. The van der Waals surface area contributed by atoms with Gasteiger partial charge >= 0.3 is 0 Å². The second-order valence-corrected chi connectivity index (χ2v) is 4.97. The highest BCUT2D eigenvalue weighted by Gasteiger charge is 2.18. The van der Waals surface area contributed by atoms with Crippen molar-refractivity contribution in [2.45, 2.75) is 25.9 Å². The van der Waals surface area contributed by atoms with Crippen LogP contribution in [0.25, 0.3) is 5.57 Å². The Morgan fingerprint density at radius 3 is 2.81 bits per heavy atom. The lowest BCUT2D eigenvalue weighted by Gasteiger charge is -2.19. The van der Waals surface area contributed by atoms with Gasteiger partial charge in [-0.05, 0) is 42.7 Å². The first kappa shape index (κ1) is 15.4. The standard InChI is InChI=1S/C16H22N2O3/c1-3-13(16(17)19)21-14-5-4-12(10-15(14)20-2)11-6-8-18-9-7-11/h4-6,10,13,18H,3,7-9H2,1-2H3,(H2,17,19). The summed E-state index contributed by atoms with van der Waals surface area (Å²) < 4.78 is 11.0. The number of ether oxygens (including phenoxy) is 2. The maximum absolute atomic E-state index is 11.3. The molecule has 1 aromatic carbocycles. The molecule has 5 nitrogen and oxygen atoms in total. The van der Waals surface area contributed by atoms with Crippen molar-refractivity contribution in [2.24, 2.45) is 5.73 Å². The fourth-order valence-electron chi connectivity index (χ4n) is 2.35. The van der Waals surface area contributed by atoms with Crippen LogP contribution >= 0.6 is 0 Å². The fraction of sp³-hybridized carbons (Fsp3) is 0.438. The molecule has 0 aliphatic carbocycles. The molecule has 21 heavy (non-hydrogen) atoms. The number of primary amides is 1. The molecule has 0 saturated heterocycles. The summed E-state index contributed by atoms with van der Waals surface area (Å²) in [6, 6.07) is 5.77. The van der Waals surface area contributed by atoms with E-state index < -0.39 is 12.0 Å². The van der Waals surface area contributed by atoms with Crippen LogP contribution < -0.4 is 20.5 Å². The molecular formula is C16H22N2O3. The molecule has 0 aromatic heterocycles. The summed E-state index contributed by atoms with van der Waals surface area (Å²) in [5.41, 5.74) is 7.72. The first-order valence-electron chi connectivity index (χ1n) is 7.19. The Hall–Kier alpha value is -2.01. The zero-order valence-corrected chi connectivity index (χ0v) is 12.5. The SMILES string of the molecule is CCC(Oc1ccc(C2=CCNCC2)cc1OC)C(N)=O. The third-order valence-corrected chi connectivity index (χ3v) is 3.56. The number of benzene rings is 1. The average Bonchev–Trinajstić information content (AvgIpc) is 2.53. The van der Waals surface area contributed by atoms with Crippen molar-refractivity contribution in [1.29, 1.82) is 0 Å². The normalized spacial score (nSPS) is 16.0. The van der Waals surface area contributed by atoms with Gasteiger partial charge in [-0.1, -0.05) is 19.1 Å². The van der Waals surface area contributed by atoms with Crippen LogP contribution in [0.3, 0.4) is 0 Å². The van der Waals surface area contributed by atoms with E-state index in [2.05, 4.69) is 11.4 Å². The Labute approximate surface area is 125 Å². The number of carbonyl (C=O) groups excluding carboxylic acids is 1. The van der Waals surface area contributed by atoms with Crippen molar-refractivity contribution in [3.8, 4) is 11.5 Å². The Balaban J connectivity index is 2.23. The Kier molecular flexibility index (Phi) is 5.22. The minimum atomic E-state index is -0.636. The molecule has 0 bridgehead atoms. The molecule has 3 N–H and O–H groups in total. The summed E-state index contributed by atoms with van der Waals surface area (Å²) in [6.45, 7) is 3.72. The molecule has 2 rings (SSSR count). The molecule has 1 aliphatic heterocycles. The number of nitrogens with two attached hydrogens (primary N) is 1. The second kappa shape index (κ2) is 7.13. The van der Waals surface area contributed by atoms with E-state index >= 15 is 0 Å². The molecule has 1 atom stereocenters. The van der Waals surface area contributed by atoms with Gasteiger partial charge in [-0.25, -0.2) is 0 Å². The van der Waals surface area contributed by atoms with Crippen molar-refractivity contribution in [1.82, 2.24) is 5.32 Å². The second-order valence-electron chi connectivity index (χ2n) is 4.97. The minimum Gasteiger partial charge on any atom is -0.493 e. The van der Waals surface area contributed by atoms with Crippen molar-refractivity contribution >= 4 is 11.5 Å². The maximum Gasteiger partial charge on any atom is 0.258 e. The topological polar surface area (TPSA) is 73.6 Å². The lowest BCUT2D eigenvalue weighted by atomic mass is 10.00. The number of rotatable bonds is 6. The van der Waals surface area contributed by atoms with Crippen molar-refractivity contribution < 1.29 is 14.3 Å². The predicted molar refractivity (Wildman–Crippen MR) is 82.4 cm³/mol. The van der Waals surface area contributed by atoms with E-state index in [0.717, 1.165) is 25.1 Å². The summed E-state index contributed by atoms with van der Waals surface area (Å²) >= 11 is 0. The van der Waals surface area contributed by atoms with Crippen molar-refractivity contribution in [3.05, 3.63) is 29.8 Å². The number of nitrogens with one attached hydrogen (secondary N) is 1. The van der Waals surface area contributed by atoms with Crippen LogP contribution in [-0.2, 0) is 4.79 Å². The average molecular weight is 290 g/mol. The van der Waals surface area contributed by atoms with E-state index in [-0.39, 0.29) is 0 Å². The number of hydrogen-bond acceptors (Lipinski definition) is 4. The molecule has 1 unspecified atom stereocenters. The number of amides is 1. The summed E-state index contributed by atoms with van der Waals surface area (Å²) in [7, 11) is 1.59. The molecule has 1 amide bonds. The van der Waals surface area contributed by atoms with Crippen molar-refractivity contribution in [3.63, 3.8) is 0 Å². The molecule has 1 aliphatic rings. The predicted octanol–water partition coefficient (Wildman–Crippen LogP) is 1.71. The Morgan fingerprint density at radius 1 is 1.43 bits per heavy atom. The van der Waals surface area contributed by atoms with Crippen LogP contribution in [0, 0.1) is 0 Å². The van der Waals surface area contributed by atoms with Gasteiger partial charge in [0.05, 0.1) is 7.11 Å². The van der Waals surface area contributed by atoms with Crippen molar-refractivity contribution in [2.75, 3.05) is 20.2 Å². The third-order valence-electron chi connectivity index (χ3n) is 3.56. The zero-order valence-electron chi connectivity index (χ0n) is 12.5. The van der Waals surface area contributed by atoms with Gasteiger partial charge in [0.25, 0.3) is 5.91 Å². The summed E-state index contributed by atoms with van der Waals surface area (Å²) in [6.07, 6.45) is 3.05. The van der Waals surface area contributed by atoms with E-state index in [1.807, 2.05) is 25.1 Å². The van der Waals surface area contributed by atoms with Gasteiger partial charge in [0, 0.05) is 6.54 Å². The van der Waals surface area contributed by atoms with E-state index in [1.165, 1.54) is 5.57 Å². The minimum absolute atomic E-state index is 0.468. The van der Waals surface area contributed by atoms with Crippen LogP contribution in [0.5, 0.6) is 11.5 Å². The highest BCUT2D eigenvalue weighted by Crippen LogP contribution is 2.32. The third kappa shape index (κ3) is 3.76. The molecule has 5 heteroatoms. The molecule has 0 spiro atoms. The largest absolute Gasteiger partial charge is 0.493 e. The summed E-state index contributed by atoms with van der Waals surface area (Å²) in [4.78, 5) is 11.3. The quantitative estimate of drug-likeness (QED) is 0.836. The number of hydrogen-bond donors (Lipinski definition) is 2. The first-order valence-corrected chi connectivity index (χ1v) is 7.19. The van der Waals surface area contributed by atoms with Gasteiger partial charge in [-0.15, -0.1) is 0 Å². The summed E-state index contributed by atoms with van der Waals surface area (Å²) in [5.74, 6) is 0.692. The van der Waals surface area contributed by atoms with Gasteiger partial charge in [0.2, 0.25) is 0 Å². The Bertz CT molecular complexity index is 540. The van der Waals surface area contributed by atoms with Gasteiger partial charge in [-0.3, -0.25) is 4.79 Å². The smallest absolute Gasteiger partial charge is 0.258 e. The van der Waals surface area contributed by atoms with Crippen LogP contribution in [-0.4, -0.2) is 32.2 Å². The maximum atomic E-state index is 11.3. The number of methoxy groups -OCH3 is 1. The lowest BCUT2D eigenvalue weighted by Crippen LogP contribution is -2.33. The van der Waals surface area contributed by atoms with Crippen LogP contribution in [0.1, 0.15) is 25.3 Å². The Morgan fingerprint density at radius 2 is 2.24 bits per heavy atom. The molecule has 0 saturated carbocycles. The van der Waals surface area contributed by atoms with Crippen LogP contribution in [0.2, 0.25) is 0 Å². The van der Waals surface area contributed by atoms with Crippen LogP contribution in [0.15, 0.2) is 24.3 Å². The van der Waals surface area contributed by atoms with E-state index in [9.17, 15) is 4.79 Å². The van der Waals surface area contributed by atoms with Gasteiger partial charge in [-0.2, -0.15) is 0 Å². The molecule has 0 radical (unpaired) electrons.